The molecule has 0 unspecified atom stereocenters. The fourth-order valence-corrected chi connectivity index (χ4v) is 2.63. The van der Waals surface area contributed by atoms with E-state index in [1.807, 2.05) is 24.3 Å². The Morgan fingerprint density at radius 1 is 1.32 bits per heavy atom. The fraction of sp³-hybridized carbons (Fsp3) is 0.588. The summed E-state index contributed by atoms with van der Waals surface area (Å²) in [5.41, 5.74) is 0.779. The van der Waals surface area contributed by atoms with Gasteiger partial charge in [-0.25, -0.2) is 0 Å². The highest BCUT2D eigenvalue weighted by Gasteiger charge is 2.15. The SMILES string of the molecule is CCCOc1ccccc1NC(=O)CCC1CCNCC1.Cl. The monoisotopic (exact) mass is 326 g/mol. The Morgan fingerprint density at radius 2 is 2.05 bits per heavy atom. The average Bonchev–Trinajstić information content (AvgIpc) is 2.53. The normalized spacial score (nSPS) is 15.0. The largest absolute Gasteiger partial charge is 0.491 e. The predicted molar refractivity (Wildman–Crippen MR) is 92.9 cm³/mol. The van der Waals surface area contributed by atoms with Crippen molar-refractivity contribution in [1.82, 2.24) is 5.32 Å². The van der Waals surface area contributed by atoms with Gasteiger partial charge < -0.3 is 15.4 Å². The molecule has 2 N–H and O–H groups in total. The van der Waals surface area contributed by atoms with E-state index in [2.05, 4.69) is 17.6 Å². The fourth-order valence-electron chi connectivity index (χ4n) is 2.63. The summed E-state index contributed by atoms with van der Waals surface area (Å²) >= 11 is 0. The van der Waals surface area contributed by atoms with Crippen molar-refractivity contribution in [2.45, 2.75) is 39.0 Å². The number of hydrogen-bond acceptors (Lipinski definition) is 3. The summed E-state index contributed by atoms with van der Waals surface area (Å²) in [4.78, 5) is 12.1. The molecule has 2 rings (SSSR count). The summed E-state index contributed by atoms with van der Waals surface area (Å²) in [6.45, 7) is 4.90. The Morgan fingerprint density at radius 3 is 2.77 bits per heavy atom. The van der Waals surface area contributed by atoms with Gasteiger partial charge in [0.15, 0.2) is 0 Å². The molecule has 0 bridgehead atoms. The van der Waals surface area contributed by atoms with Gasteiger partial charge in [-0.2, -0.15) is 0 Å². The minimum atomic E-state index is 0. The highest BCUT2D eigenvalue weighted by molar-refractivity contribution is 5.92. The maximum Gasteiger partial charge on any atom is 0.224 e. The quantitative estimate of drug-likeness (QED) is 0.804. The first kappa shape index (κ1) is 18.8. The van der Waals surface area contributed by atoms with E-state index in [1.54, 1.807) is 0 Å². The number of rotatable bonds is 7. The van der Waals surface area contributed by atoms with Crippen molar-refractivity contribution < 1.29 is 9.53 Å². The van der Waals surface area contributed by atoms with Crippen LogP contribution < -0.4 is 15.4 Å². The molecule has 0 aromatic heterocycles. The highest BCUT2D eigenvalue weighted by atomic mass is 35.5. The molecule has 1 amide bonds. The van der Waals surface area contributed by atoms with E-state index in [-0.39, 0.29) is 18.3 Å². The summed E-state index contributed by atoms with van der Waals surface area (Å²) in [5.74, 6) is 1.53. The summed E-state index contributed by atoms with van der Waals surface area (Å²) in [7, 11) is 0. The van der Waals surface area contributed by atoms with Crippen LogP contribution in [0.2, 0.25) is 0 Å². The molecule has 1 aromatic rings. The van der Waals surface area contributed by atoms with E-state index in [0.717, 1.165) is 37.4 Å². The molecule has 1 aromatic carbocycles. The Bertz CT molecular complexity index is 448. The van der Waals surface area contributed by atoms with Crippen LogP contribution in [0.3, 0.4) is 0 Å². The third kappa shape index (κ3) is 6.24. The Kier molecular flexibility index (Phi) is 8.94. The topological polar surface area (TPSA) is 50.4 Å². The summed E-state index contributed by atoms with van der Waals surface area (Å²) in [6.07, 6.45) is 4.89. The first-order valence-corrected chi connectivity index (χ1v) is 8.02. The number of halogens is 1. The number of nitrogens with one attached hydrogen (secondary N) is 2. The number of anilines is 1. The Labute approximate surface area is 139 Å². The maximum absolute atomic E-state index is 12.1. The number of carbonyl (C=O) groups is 1. The van der Waals surface area contributed by atoms with E-state index in [9.17, 15) is 4.79 Å². The smallest absolute Gasteiger partial charge is 0.224 e. The van der Waals surface area contributed by atoms with Crippen molar-refractivity contribution in [3.8, 4) is 5.75 Å². The molecule has 0 atom stereocenters. The van der Waals surface area contributed by atoms with Crippen LogP contribution in [0, 0.1) is 5.92 Å². The van der Waals surface area contributed by atoms with Crippen LogP contribution in [-0.4, -0.2) is 25.6 Å². The first-order chi connectivity index (χ1) is 10.3. The van der Waals surface area contributed by atoms with Crippen molar-refractivity contribution in [1.29, 1.82) is 0 Å². The Balaban J connectivity index is 0.00000242. The van der Waals surface area contributed by atoms with Gasteiger partial charge in [-0.15, -0.1) is 12.4 Å². The molecular formula is C17H27ClN2O2. The molecule has 0 aliphatic carbocycles. The zero-order valence-corrected chi connectivity index (χ0v) is 14.1. The molecule has 124 valence electrons. The average molecular weight is 327 g/mol. The molecule has 1 aliphatic heterocycles. The lowest BCUT2D eigenvalue weighted by Crippen LogP contribution is -2.28. The van der Waals surface area contributed by atoms with Gasteiger partial charge in [-0.05, 0) is 56.8 Å². The van der Waals surface area contributed by atoms with Crippen molar-refractivity contribution >= 4 is 24.0 Å². The molecule has 4 nitrogen and oxygen atoms in total. The second-order valence-electron chi connectivity index (χ2n) is 5.62. The maximum atomic E-state index is 12.1. The van der Waals surface area contributed by atoms with E-state index in [4.69, 9.17) is 4.74 Å². The molecule has 1 heterocycles. The van der Waals surface area contributed by atoms with E-state index < -0.39 is 0 Å². The van der Waals surface area contributed by atoms with Gasteiger partial charge in [0, 0.05) is 6.42 Å². The number of carbonyl (C=O) groups excluding carboxylic acids is 1. The van der Waals surface area contributed by atoms with E-state index >= 15 is 0 Å². The number of ether oxygens (including phenoxy) is 1. The van der Waals surface area contributed by atoms with Crippen LogP contribution in [0.25, 0.3) is 0 Å². The van der Waals surface area contributed by atoms with Crippen molar-refractivity contribution in [2.24, 2.45) is 5.92 Å². The number of amides is 1. The predicted octanol–water partition coefficient (Wildman–Crippen LogP) is 3.62. The third-order valence-corrected chi connectivity index (χ3v) is 3.86. The van der Waals surface area contributed by atoms with E-state index in [1.165, 1.54) is 12.8 Å². The lowest BCUT2D eigenvalue weighted by Gasteiger charge is -2.22. The molecule has 1 aliphatic rings. The lowest BCUT2D eigenvalue weighted by atomic mass is 9.93. The van der Waals surface area contributed by atoms with Gasteiger partial charge in [-0.3, -0.25) is 4.79 Å². The standard InChI is InChI=1S/C17H26N2O2.ClH/c1-2-13-21-16-6-4-3-5-15(16)19-17(20)8-7-14-9-11-18-12-10-14;/h3-6,14,18H,2,7-13H2,1H3,(H,19,20);1H. The zero-order chi connectivity index (χ0) is 14.9. The number of para-hydroxylation sites is 2. The van der Waals surface area contributed by atoms with Crippen LogP contribution in [0.4, 0.5) is 5.69 Å². The Hall–Kier alpha value is -1.26. The van der Waals surface area contributed by atoms with Gasteiger partial charge >= 0.3 is 0 Å². The van der Waals surface area contributed by atoms with Crippen LogP contribution in [-0.2, 0) is 4.79 Å². The van der Waals surface area contributed by atoms with Crippen LogP contribution >= 0.6 is 12.4 Å². The van der Waals surface area contributed by atoms with Gasteiger partial charge in [0.1, 0.15) is 5.75 Å². The van der Waals surface area contributed by atoms with Crippen molar-refractivity contribution in [3.63, 3.8) is 0 Å². The number of benzene rings is 1. The van der Waals surface area contributed by atoms with Gasteiger partial charge in [-0.1, -0.05) is 19.1 Å². The summed E-state index contributed by atoms with van der Waals surface area (Å²) in [5, 5.41) is 6.33. The molecule has 0 saturated carbocycles. The number of piperidine rings is 1. The van der Waals surface area contributed by atoms with Gasteiger partial charge in [0.2, 0.25) is 5.91 Å². The molecule has 5 heteroatoms. The highest BCUT2D eigenvalue weighted by Crippen LogP contribution is 2.25. The molecule has 0 spiro atoms. The van der Waals surface area contributed by atoms with Crippen LogP contribution in [0.1, 0.15) is 39.0 Å². The second kappa shape index (κ2) is 10.5. The molecule has 1 fully saturated rings. The minimum Gasteiger partial charge on any atom is -0.491 e. The van der Waals surface area contributed by atoms with E-state index in [0.29, 0.717) is 18.9 Å². The summed E-state index contributed by atoms with van der Waals surface area (Å²) in [6, 6.07) is 7.64. The van der Waals surface area contributed by atoms with Gasteiger partial charge in [0.05, 0.1) is 12.3 Å². The molecule has 22 heavy (non-hydrogen) atoms. The van der Waals surface area contributed by atoms with Crippen molar-refractivity contribution in [2.75, 3.05) is 25.0 Å². The van der Waals surface area contributed by atoms with Gasteiger partial charge in [0.25, 0.3) is 0 Å². The second-order valence-corrected chi connectivity index (χ2v) is 5.62. The zero-order valence-electron chi connectivity index (χ0n) is 13.3. The molecule has 1 saturated heterocycles. The molecular weight excluding hydrogens is 300 g/mol. The first-order valence-electron chi connectivity index (χ1n) is 8.02. The van der Waals surface area contributed by atoms with Crippen molar-refractivity contribution in [3.05, 3.63) is 24.3 Å². The summed E-state index contributed by atoms with van der Waals surface area (Å²) < 4.78 is 5.66. The number of hydrogen-bond donors (Lipinski definition) is 2. The minimum absolute atomic E-state index is 0. The van der Waals surface area contributed by atoms with Crippen LogP contribution in [0.5, 0.6) is 5.75 Å². The lowest BCUT2D eigenvalue weighted by molar-refractivity contribution is -0.116. The molecule has 0 radical (unpaired) electrons. The van der Waals surface area contributed by atoms with Crippen LogP contribution in [0.15, 0.2) is 24.3 Å². The third-order valence-electron chi connectivity index (χ3n) is 3.86.